The number of nitrogens with zero attached hydrogens (tertiary/aromatic N) is 3. The Morgan fingerprint density at radius 3 is 1.70 bits per heavy atom. The van der Waals surface area contributed by atoms with Gasteiger partial charge >= 0.3 is 0 Å². The number of hydrogen-bond donors (Lipinski definition) is 0. The van der Waals surface area contributed by atoms with Gasteiger partial charge in [0.2, 0.25) is 0 Å². The summed E-state index contributed by atoms with van der Waals surface area (Å²) in [5.41, 5.74) is 9.72. The maximum absolute atomic E-state index is 6.55. The molecule has 0 saturated heterocycles. The molecule has 0 radical (unpaired) electrons. The molecule has 0 N–H and O–H groups in total. The summed E-state index contributed by atoms with van der Waals surface area (Å²) in [6.45, 7) is 4.52. The zero-order valence-corrected chi connectivity index (χ0v) is 25.9. The summed E-state index contributed by atoms with van der Waals surface area (Å²) < 4.78 is 13.0. The number of hydrogen-bond acceptors (Lipinski definition) is 5. The van der Waals surface area contributed by atoms with Crippen molar-refractivity contribution in [2.24, 2.45) is 0 Å². The van der Waals surface area contributed by atoms with Gasteiger partial charge in [0.15, 0.2) is 40.5 Å². The second-order valence-corrected chi connectivity index (χ2v) is 12.5. The molecule has 0 fully saturated rings. The van der Waals surface area contributed by atoms with Crippen molar-refractivity contribution in [2.45, 2.75) is 19.3 Å². The van der Waals surface area contributed by atoms with Crippen LogP contribution in [0.2, 0.25) is 0 Å². The van der Waals surface area contributed by atoms with E-state index in [1.54, 1.807) is 0 Å². The molecule has 2 heterocycles. The van der Waals surface area contributed by atoms with Crippen molar-refractivity contribution in [1.82, 2.24) is 15.0 Å². The lowest BCUT2D eigenvalue weighted by atomic mass is 9.82. The minimum Gasteiger partial charge on any atom is -0.450 e. The third-order valence-electron chi connectivity index (χ3n) is 9.18. The highest BCUT2D eigenvalue weighted by molar-refractivity contribution is 5.83. The summed E-state index contributed by atoms with van der Waals surface area (Å²) in [4.78, 5) is 14.9. The standard InChI is InChI=1S/C42H29N3O2/c1-42(2)33-19-10-9-18-31(33)32-24-37-38(25-34(32)42)46-35-21-20-30(23-36(35)47-37)41-44-39(27-14-7-4-8-15-27)43-40(45-41)29-17-11-16-28(22-29)26-12-5-3-6-13-26/h3-25H,1-2H3. The van der Waals surface area contributed by atoms with Crippen LogP contribution in [0.1, 0.15) is 25.0 Å². The van der Waals surface area contributed by atoms with Crippen LogP contribution in [0.5, 0.6) is 23.0 Å². The van der Waals surface area contributed by atoms with Gasteiger partial charge in [-0.2, -0.15) is 0 Å². The highest BCUT2D eigenvalue weighted by Crippen LogP contribution is 2.55. The Morgan fingerprint density at radius 1 is 0.383 bits per heavy atom. The van der Waals surface area contributed by atoms with Gasteiger partial charge < -0.3 is 9.47 Å². The van der Waals surface area contributed by atoms with Crippen LogP contribution in [0.4, 0.5) is 0 Å². The minimum atomic E-state index is -0.123. The average molecular weight is 608 g/mol. The van der Waals surface area contributed by atoms with Crippen LogP contribution in [-0.2, 0) is 5.41 Å². The first kappa shape index (κ1) is 27.3. The molecule has 5 nitrogen and oxygen atoms in total. The lowest BCUT2D eigenvalue weighted by Crippen LogP contribution is -2.15. The monoisotopic (exact) mass is 607 g/mol. The Hall–Kier alpha value is -6.07. The molecule has 5 heteroatoms. The van der Waals surface area contributed by atoms with E-state index in [1.165, 1.54) is 22.3 Å². The van der Waals surface area contributed by atoms with Crippen LogP contribution in [0.3, 0.4) is 0 Å². The zero-order valence-electron chi connectivity index (χ0n) is 25.9. The molecule has 1 aromatic heterocycles. The van der Waals surface area contributed by atoms with Gasteiger partial charge in [0.25, 0.3) is 0 Å². The molecule has 224 valence electrons. The van der Waals surface area contributed by atoms with E-state index in [9.17, 15) is 0 Å². The lowest BCUT2D eigenvalue weighted by Gasteiger charge is -2.25. The summed E-state index contributed by atoms with van der Waals surface area (Å²) in [6, 6.07) is 47.4. The van der Waals surface area contributed by atoms with Crippen molar-refractivity contribution < 1.29 is 9.47 Å². The smallest absolute Gasteiger partial charge is 0.170 e. The molecule has 0 atom stereocenters. The van der Waals surface area contributed by atoms with Crippen LogP contribution in [0.15, 0.2) is 140 Å². The fourth-order valence-electron chi connectivity index (χ4n) is 6.73. The predicted octanol–water partition coefficient (Wildman–Crippen LogP) is 10.7. The zero-order chi connectivity index (χ0) is 31.5. The molecule has 0 unspecified atom stereocenters. The van der Waals surface area contributed by atoms with E-state index in [4.69, 9.17) is 24.4 Å². The number of ether oxygens (including phenoxy) is 2. The Kier molecular flexibility index (Phi) is 6.09. The number of benzene rings is 6. The van der Waals surface area contributed by atoms with E-state index in [0.29, 0.717) is 34.7 Å². The van der Waals surface area contributed by atoms with Crippen molar-refractivity contribution in [1.29, 1.82) is 0 Å². The van der Waals surface area contributed by atoms with E-state index < -0.39 is 0 Å². The van der Waals surface area contributed by atoms with E-state index in [1.807, 2.05) is 78.9 Å². The summed E-state index contributed by atoms with van der Waals surface area (Å²) >= 11 is 0. The van der Waals surface area contributed by atoms with Gasteiger partial charge in [0.05, 0.1) is 0 Å². The van der Waals surface area contributed by atoms with Gasteiger partial charge in [0, 0.05) is 22.1 Å². The van der Waals surface area contributed by atoms with Crippen molar-refractivity contribution in [3.05, 3.63) is 151 Å². The van der Waals surface area contributed by atoms with E-state index in [2.05, 4.69) is 74.5 Å². The molecule has 0 bridgehead atoms. The second kappa shape index (κ2) is 10.5. The van der Waals surface area contributed by atoms with Gasteiger partial charge in [-0.25, -0.2) is 15.0 Å². The largest absolute Gasteiger partial charge is 0.450 e. The fourth-order valence-corrected chi connectivity index (χ4v) is 6.73. The highest BCUT2D eigenvalue weighted by Gasteiger charge is 2.37. The van der Waals surface area contributed by atoms with E-state index in [-0.39, 0.29) is 5.41 Å². The predicted molar refractivity (Wildman–Crippen MR) is 186 cm³/mol. The summed E-state index contributed by atoms with van der Waals surface area (Å²) in [7, 11) is 0. The summed E-state index contributed by atoms with van der Waals surface area (Å²) in [5, 5.41) is 0. The summed E-state index contributed by atoms with van der Waals surface area (Å²) in [6.07, 6.45) is 0. The van der Waals surface area contributed by atoms with Gasteiger partial charge in [-0.1, -0.05) is 117 Å². The molecular formula is C42H29N3O2. The molecule has 0 amide bonds. The van der Waals surface area contributed by atoms with Crippen molar-refractivity contribution >= 4 is 0 Å². The van der Waals surface area contributed by atoms with Crippen LogP contribution in [0.25, 0.3) is 56.4 Å². The Labute approximate surface area is 273 Å². The third kappa shape index (κ3) is 4.59. The number of fused-ring (bicyclic) bond motifs is 5. The first-order valence-corrected chi connectivity index (χ1v) is 15.8. The van der Waals surface area contributed by atoms with Crippen LogP contribution in [0, 0.1) is 0 Å². The van der Waals surface area contributed by atoms with Crippen LogP contribution in [-0.4, -0.2) is 15.0 Å². The minimum absolute atomic E-state index is 0.123. The topological polar surface area (TPSA) is 57.1 Å². The molecule has 7 aromatic rings. The van der Waals surface area contributed by atoms with Gasteiger partial charge in [-0.15, -0.1) is 0 Å². The van der Waals surface area contributed by atoms with Crippen LogP contribution >= 0.6 is 0 Å². The second-order valence-electron chi connectivity index (χ2n) is 12.5. The van der Waals surface area contributed by atoms with Gasteiger partial charge in [0.1, 0.15) is 0 Å². The molecule has 1 aliphatic heterocycles. The normalized spacial score (nSPS) is 13.4. The van der Waals surface area contributed by atoms with Crippen molar-refractivity contribution in [3.8, 4) is 79.4 Å². The van der Waals surface area contributed by atoms with Gasteiger partial charge in [-0.05, 0) is 69.8 Å². The first-order valence-electron chi connectivity index (χ1n) is 15.8. The Balaban J connectivity index is 1.13. The molecule has 9 rings (SSSR count). The SMILES string of the molecule is CC1(C)c2ccccc2-c2cc3c(cc21)Oc1ccc(-c2nc(-c4ccccc4)nc(-c4cccc(-c5ccccc5)c4)n2)cc1O3. The molecule has 0 saturated carbocycles. The number of aromatic nitrogens is 3. The van der Waals surface area contributed by atoms with Crippen LogP contribution < -0.4 is 9.47 Å². The maximum Gasteiger partial charge on any atom is 0.170 e. The van der Waals surface area contributed by atoms with E-state index in [0.717, 1.165) is 33.6 Å². The molecular weight excluding hydrogens is 578 g/mol. The average Bonchev–Trinajstić information content (AvgIpc) is 3.35. The van der Waals surface area contributed by atoms with Gasteiger partial charge in [-0.3, -0.25) is 0 Å². The highest BCUT2D eigenvalue weighted by atomic mass is 16.6. The quantitative estimate of drug-likeness (QED) is 0.199. The molecule has 6 aromatic carbocycles. The third-order valence-corrected chi connectivity index (χ3v) is 9.18. The molecule has 0 spiro atoms. The van der Waals surface area contributed by atoms with Crippen molar-refractivity contribution in [3.63, 3.8) is 0 Å². The Morgan fingerprint density at radius 2 is 0.936 bits per heavy atom. The molecule has 2 aliphatic rings. The molecule has 1 aliphatic carbocycles. The number of rotatable bonds is 4. The summed E-state index contributed by atoms with van der Waals surface area (Å²) in [5.74, 6) is 4.45. The first-order chi connectivity index (χ1) is 23.0. The Bertz CT molecular complexity index is 2330. The van der Waals surface area contributed by atoms with Crippen molar-refractivity contribution in [2.75, 3.05) is 0 Å². The lowest BCUT2D eigenvalue weighted by molar-refractivity contribution is 0.359. The maximum atomic E-state index is 6.55. The fraction of sp³-hybridized carbons (Fsp3) is 0.0714. The van der Waals surface area contributed by atoms with E-state index >= 15 is 0 Å². The molecule has 47 heavy (non-hydrogen) atoms.